The minimum atomic E-state index is -0.538. The Hall–Kier alpha value is -4.26. The summed E-state index contributed by atoms with van der Waals surface area (Å²) >= 11 is 0. The van der Waals surface area contributed by atoms with Crippen molar-refractivity contribution in [2.45, 2.75) is 32.0 Å². The van der Waals surface area contributed by atoms with Gasteiger partial charge in [-0.15, -0.1) is 0 Å². The maximum atomic E-state index is 12.7. The number of aryl methyl sites for hydroxylation is 1. The molecule has 1 heterocycles. The van der Waals surface area contributed by atoms with Gasteiger partial charge in [0.2, 0.25) is 5.91 Å². The maximum absolute atomic E-state index is 12.7. The van der Waals surface area contributed by atoms with E-state index < -0.39 is 12.0 Å². The van der Waals surface area contributed by atoms with E-state index in [0.717, 1.165) is 11.1 Å². The molecule has 1 aromatic heterocycles. The third kappa shape index (κ3) is 5.95. The number of hydrogen-bond acceptors (Lipinski definition) is 5. The van der Waals surface area contributed by atoms with Gasteiger partial charge < -0.3 is 10.1 Å². The van der Waals surface area contributed by atoms with Crippen LogP contribution in [0.4, 0.5) is 0 Å². The topological polar surface area (TPSA) is 90.3 Å². The third-order valence-electron chi connectivity index (χ3n) is 5.46. The molecule has 1 atom stereocenters. The highest BCUT2D eigenvalue weighted by atomic mass is 16.5. The predicted octanol–water partition coefficient (Wildman–Crippen LogP) is 3.78. The number of nitrogens with zero attached hydrogens (tertiary/aromatic N) is 2. The second kappa shape index (κ2) is 11.0. The van der Waals surface area contributed by atoms with Crippen LogP contribution in [-0.4, -0.2) is 21.4 Å². The quantitative estimate of drug-likeness (QED) is 0.388. The molecule has 0 aliphatic rings. The van der Waals surface area contributed by atoms with Crippen LogP contribution in [0.15, 0.2) is 96.1 Å². The first-order valence-electron chi connectivity index (χ1n) is 11.1. The Morgan fingerprint density at radius 1 is 0.912 bits per heavy atom. The van der Waals surface area contributed by atoms with Crippen molar-refractivity contribution in [3.63, 3.8) is 0 Å². The number of amides is 1. The zero-order chi connectivity index (χ0) is 23.8. The van der Waals surface area contributed by atoms with E-state index >= 15 is 0 Å². The van der Waals surface area contributed by atoms with Gasteiger partial charge in [-0.2, -0.15) is 0 Å². The molecule has 0 aliphatic heterocycles. The van der Waals surface area contributed by atoms with Crippen LogP contribution in [-0.2, 0) is 27.5 Å². The molecule has 7 heteroatoms. The van der Waals surface area contributed by atoms with Crippen LogP contribution in [0.1, 0.15) is 30.0 Å². The molecule has 1 amide bonds. The van der Waals surface area contributed by atoms with E-state index in [9.17, 15) is 14.4 Å². The lowest BCUT2D eigenvalue weighted by molar-refractivity contribution is -0.145. The molecule has 4 rings (SSSR count). The number of esters is 1. The molecule has 0 aliphatic carbocycles. The van der Waals surface area contributed by atoms with Crippen molar-refractivity contribution in [1.29, 1.82) is 0 Å². The lowest BCUT2D eigenvalue weighted by atomic mass is 10.0. The molecule has 0 saturated carbocycles. The van der Waals surface area contributed by atoms with Crippen molar-refractivity contribution in [3.05, 3.63) is 113 Å². The number of para-hydroxylation sites is 1. The van der Waals surface area contributed by atoms with Crippen molar-refractivity contribution < 1.29 is 14.3 Å². The van der Waals surface area contributed by atoms with Gasteiger partial charge in [0.25, 0.3) is 5.56 Å². The Labute approximate surface area is 197 Å². The Morgan fingerprint density at radius 2 is 1.59 bits per heavy atom. The smallest absolute Gasteiger partial charge is 0.308 e. The summed E-state index contributed by atoms with van der Waals surface area (Å²) in [4.78, 5) is 42.2. The van der Waals surface area contributed by atoms with Crippen molar-refractivity contribution >= 4 is 22.8 Å². The SMILES string of the molecule is O=C(CCn1cnc2ccccc2c1=O)NC(CC(=O)OCc1ccccc1)c1ccccc1. The van der Waals surface area contributed by atoms with Crippen molar-refractivity contribution in [1.82, 2.24) is 14.9 Å². The number of carbonyl (C=O) groups excluding carboxylic acids is 2. The molecule has 7 nitrogen and oxygen atoms in total. The molecule has 172 valence electrons. The maximum Gasteiger partial charge on any atom is 0.308 e. The first kappa shape index (κ1) is 22.9. The molecule has 0 fully saturated rings. The zero-order valence-corrected chi connectivity index (χ0v) is 18.6. The molecule has 34 heavy (non-hydrogen) atoms. The predicted molar refractivity (Wildman–Crippen MR) is 129 cm³/mol. The minimum absolute atomic E-state index is 0.0000649. The summed E-state index contributed by atoms with van der Waals surface area (Å²) in [5.41, 5.74) is 2.12. The van der Waals surface area contributed by atoms with Crippen LogP contribution in [0.2, 0.25) is 0 Å². The number of fused-ring (bicyclic) bond motifs is 1. The summed E-state index contributed by atoms with van der Waals surface area (Å²) < 4.78 is 6.83. The monoisotopic (exact) mass is 455 g/mol. The van der Waals surface area contributed by atoms with E-state index in [-0.39, 0.29) is 37.5 Å². The van der Waals surface area contributed by atoms with E-state index in [1.165, 1.54) is 10.9 Å². The summed E-state index contributed by atoms with van der Waals surface area (Å²) in [7, 11) is 0. The first-order chi connectivity index (χ1) is 16.6. The third-order valence-corrected chi connectivity index (χ3v) is 5.46. The van der Waals surface area contributed by atoms with E-state index in [2.05, 4.69) is 10.3 Å². The summed E-state index contributed by atoms with van der Waals surface area (Å²) in [5, 5.41) is 3.42. The van der Waals surface area contributed by atoms with Gasteiger partial charge in [0.05, 0.1) is 29.7 Å². The molecule has 0 saturated heterocycles. The molecule has 1 N–H and O–H groups in total. The van der Waals surface area contributed by atoms with Crippen molar-refractivity contribution in [2.75, 3.05) is 0 Å². The number of carbonyl (C=O) groups is 2. The molecule has 0 spiro atoms. The van der Waals surface area contributed by atoms with Crippen LogP contribution in [0.25, 0.3) is 10.9 Å². The minimum Gasteiger partial charge on any atom is -0.461 e. The fraction of sp³-hybridized carbons (Fsp3) is 0.185. The van der Waals surface area contributed by atoms with Gasteiger partial charge in [-0.05, 0) is 23.3 Å². The Morgan fingerprint density at radius 3 is 2.35 bits per heavy atom. The van der Waals surface area contributed by atoms with Crippen LogP contribution < -0.4 is 10.9 Å². The van der Waals surface area contributed by atoms with E-state index in [0.29, 0.717) is 10.9 Å². The number of rotatable bonds is 9. The zero-order valence-electron chi connectivity index (χ0n) is 18.6. The van der Waals surface area contributed by atoms with Gasteiger partial charge in [0, 0.05) is 13.0 Å². The van der Waals surface area contributed by atoms with Gasteiger partial charge in [-0.25, -0.2) is 4.98 Å². The molecular weight excluding hydrogens is 430 g/mol. The summed E-state index contributed by atoms with van der Waals surface area (Å²) in [6.45, 7) is 0.357. The average molecular weight is 456 g/mol. The fourth-order valence-corrected chi connectivity index (χ4v) is 3.66. The second-order valence-corrected chi connectivity index (χ2v) is 7.89. The Kier molecular flexibility index (Phi) is 7.45. The molecular formula is C27H25N3O4. The Bertz CT molecular complexity index is 1320. The van der Waals surface area contributed by atoms with Crippen molar-refractivity contribution in [2.24, 2.45) is 0 Å². The van der Waals surface area contributed by atoms with Crippen molar-refractivity contribution in [3.8, 4) is 0 Å². The second-order valence-electron chi connectivity index (χ2n) is 7.89. The van der Waals surface area contributed by atoms with Gasteiger partial charge >= 0.3 is 5.97 Å². The highest BCUT2D eigenvalue weighted by Crippen LogP contribution is 2.18. The van der Waals surface area contributed by atoms with Crippen LogP contribution in [0, 0.1) is 0 Å². The molecule has 3 aromatic carbocycles. The average Bonchev–Trinajstić information content (AvgIpc) is 2.88. The van der Waals surface area contributed by atoms with E-state index in [4.69, 9.17) is 4.74 Å². The Balaban J connectivity index is 1.39. The standard InChI is InChI=1S/C27H25N3O4/c31-25(15-16-30-19-28-23-14-8-7-13-22(23)27(30)33)29-24(21-11-5-2-6-12-21)17-26(32)34-18-20-9-3-1-4-10-20/h1-14,19,24H,15-18H2,(H,29,31). The fourth-order valence-electron chi connectivity index (χ4n) is 3.66. The number of ether oxygens (including phenoxy) is 1. The van der Waals surface area contributed by atoms with Crippen LogP contribution in [0.5, 0.6) is 0 Å². The normalized spacial score (nSPS) is 11.6. The lowest BCUT2D eigenvalue weighted by Gasteiger charge is -2.19. The number of aromatic nitrogens is 2. The highest BCUT2D eigenvalue weighted by molar-refractivity contribution is 5.78. The van der Waals surface area contributed by atoms with Crippen LogP contribution >= 0.6 is 0 Å². The molecule has 4 aromatic rings. The molecule has 0 radical (unpaired) electrons. The summed E-state index contributed by atoms with van der Waals surface area (Å²) in [6.07, 6.45) is 1.52. The highest BCUT2D eigenvalue weighted by Gasteiger charge is 2.19. The summed E-state index contributed by atoms with van der Waals surface area (Å²) in [6, 6.07) is 25.3. The van der Waals surface area contributed by atoms with Gasteiger partial charge in [0.1, 0.15) is 6.61 Å². The number of nitrogens with one attached hydrogen (secondary N) is 1. The summed E-state index contributed by atoms with van der Waals surface area (Å²) in [5.74, 6) is -0.683. The largest absolute Gasteiger partial charge is 0.461 e. The molecule has 0 bridgehead atoms. The van der Waals surface area contributed by atoms with Gasteiger partial charge in [-0.1, -0.05) is 72.8 Å². The first-order valence-corrected chi connectivity index (χ1v) is 11.1. The number of hydrogen-bond donors (Lipinski definition) is 1. The van der Waals surface area contributed by atoms with Gasteiger partial charge in [0.15, 0.2) is 0 Å². The van der Waals surface area contributed by atoms with E-state index in [1.807, 2.05) is 66.7 Å². The van der Waals surface area contributed by atoms with Crippen LogP contribution in [0.3, 0.4) is 0 Å². The van der Waals surface area contributed by atoms with Gasteiger partial charge in [-0.3, -0.25) is 19.0 Å². The molecule has 1 unspecified atom stereocenters. The number of benzene rings is 3. The van der Waals surface area contributed by atoms with E-state index in [1.54, 1.807) is 18.2 Å². The lowest BCUT2D eigenvalue weighted by Crippen LogP contribution is -2.32.